The second-order valence-corrected chi connectivity index (χ2v) is 6.31. The van der Waals surface area contributed by atoms with E-state index in [9.17, 15) is 4.79 Å². The van der Waals surface area contributed by atoms with Crippen molar-refractivity contribution in [3.05, 3.63) is 65.9 Å². The van der Waals surface area contributed by atoms with Gasteiger partial charge in [-0.05, 0) is 55.2 Å². The number of hydrogen-bond acceptors (Lipinski definition) is 4. The van der Waals surface area contributed by atoms with Crippen LogP contribution in [0.25, 0.3) is 0 Å². The molecule has 0 fully saturated rings. The number of rotatable bonds is 9. The van der Waals surface area contributed by atoms with Gasteiger partial charge in [0.2, 0.25) is 5.91 Å². The Morgan fingerprint density at radius 3 is 2.27 bits per heavy atom. The number of ether oxygens (including phenoxy) is 1. The maximum absolute atomic E-state index is 11.0. The zero-order chi connectivity index (χ0) is 18.9. The molecule has 0 aliphatic carbocycles. The van der Waals surface area contributed by atoms with E-state index in [0.29, 0.717) is 18.0 Å². The summed E-state index contributed by atoms with van der Waals surface area (Å²) in [6.07, 6.45) is 1.65. The van der Waals surface area contributed by atoms with Gasteiger partial charge in [-0.1, -0.05) is 24.8 Å². The van der Waals surface area contributed by atoms with Crippen molar-refractivity contribution in [1.29, 1.82) is 0 Å². The van der Waals surface area contributed by atoms with Gasteiger partial charge in [-0.3, -0.25) is 4.79 Å². The quantitative estimate of drug-likeness (QED) is 0.604. The van der Waals surface area contributed by atoms with Crippen LogP contribution in [0.3, 0.4) is 0 Å². The first-order valence-corrected chi connectivity index (χ1v) is 8.73. The molecule has 0 saturated heterocycles. The Morgan fingerprint density at radius 2 is 1.62 bits per heavy atom. The highest BCUT2D eigenvalue weighted by molar-refractivity contribution is 5.72. The Labute approximate surface area is 155 Å². The number of nitrogens with two attached hydrogens (primary N) is 1. The lowest BCUT2D eigenvalue weighted by Gasteiger charge is -2.11. The van der Waals surface area contributed by atoms with Crippen LogP contribution in [0, 0.1) is 0 Å². The van der Waals surface area contributed by atoms with E-state index < -0.39 is 0 Å². The smallest absolute Gasteiger partial charge is 0.216 e. The highest BCUT2D eigenvalue weighted by Gasteiger charge is 2.05. The van der Waals surface area contributed by atoms with Gasteiger partial charge in [0, 0.05) is 25.7 Å². The second-order valence-electron chi connectivity index (χ2n) is 6.31. The number of nitrogen functional groups attached to an aromatic ring is 1. The van der Waals surface area contributed by atoms with Gasteiger partial charge in [-0.25, -0.2) is 0 Å². The van der Waals surface area contributed by atoms with Gasteiger partial charge in [-0.2, -0.15) is 0 Å². The van der Waals surface area contributed by atoms with Crippen LogP contribution in [-0.2, 0) is 17.6 Å². The molecule has 0 saturated carbocycles. The Kier molecular flexibility index (Phi) is 7.09. The summed E-state index contributed by atoms with van der Waals surface area (Å²) in [4.78, 5) is 11.0. The predicted octanol–water partition coefficient (Wildman–Crippen LogP) is 3.41. The van der Waals surface area contributed by atoms with Gasteiger partial charge < -0.3 is 21.1 Å². The molecular formula is C21H27N3O2. The molecule has 2 aromatic carbocycles. The molecule has 0 aromatic heterocycles. The molecule has 0 spiro atoms. The Hall–Kier alpha value is -2.95. The van der Waals surface area contributed by atoms with Gasteiger partial charge in [0.15, 0.2) is 5.75 Å². The molecule has 0 radical (unpaired) electrons. The summed E-state index contributed by atoms with van der Waals surface area (Å²) in [7, 11) is 0. The average Bonchev–Trinajstić information content (AvgIpc) is 2.58. The largest absolute Gasteiger partial charge is 0.455 e. The van der Waals surface area contributed by atoms with Crippen molar-refractivity contribution in [2.75, 3.05) is 18.8 Å². The summed E-state index contributed by atoms with van der Waals surface area (Å²) in [6, 6.07) is 13.7. The molecule has 0 aliphatic heterocycles. The molecule has 4 N–H and O–H groups in total. The number of hydrogen-bond donors (Lipinski definition) is 3. The number of amides is 1. The fourth-order valence-electron chi connectivity index (χ4n) is 2.48. The third-order valence-corrected chi connectivity index (χ3v) is 3.86. The summed E-state index contributed by atoms with van der Waals surface area (Å²) in [5.41, 5.74) is 9.87. The van der Waals surface area contributed by atoms with Crippen LogP contribution >= 0.6 is 0 Å². The SMILES string of the molecule is C=C(C)NCCc1ccc(Oc2cc(CCNC(C)=O)ccc2N)cc1. The fourth-order valence-corrected chi connectivity index (χ4v) is 2.48. The molecule has 138 valence electrons. The summed E-state index contributed by atoms with van der Waals surface area (Å²) in [5, 5.41) is 6.00. The minimum Gasteiger partial charge on any atom is -0.455 e. The number of benzene rings is 2. The molecule has 5 nitrogen and oxygen atoms in total. The lowest BCUT2D eigenvalue weighted by atomic mass is 10.1. The average molecular weight is 353 g/mol. The third-order valence-electron chi connectivity index (χ3n) is 3.86. The van der Waals surface area contributed by atoms with Crippen LogP contribution in [0.1, 0.15) is 25.0 Å². The van der Waals surface area contributed by atoms with Crippen molar-refractivity contribution in [3.63, 3.8) is 0 Å². The normalized spacial score (nSPS) is 10.2. The molecule has 0 atom stereocenters. The first-order chi connectivity index (χ1) is 12.4. The lowest BCUT2D eigenvalue weighted by molar-refractivity contribution is -0.118. The van der Waals surface area contributed by atoms with Crippen molar-refractivity contribution < 1.29 is 9.53 Å². The van der Waals surface area contributed by atoms with Gasteiger partial charge >= 0.3 is 0 Å². The van der Waals surface area contributed by atoms with E-state index in [1.807, 2.05) is 49.4 Å². The highest BCUT2D eigenvalue weighted by atomic mass is 16.5. The van der Waals surface area contributed by atoms with Crippen molar-refractivity contribution in [3.8, 4) is 11.5 Å². The van der Waals surface area contributed by atoms with E-state index in [4.69, 9.17) is 10.5 Å². The van der Waals surface area contributed by atoms with E-state index in [0.717, 1.165) is 36.4 Å². The molecule has 0 unspecified atom stereocenters. The number of allylic oxidation sites excluding steroid dienone is 1. The van der Waals surface area contributed by atoms with Gasteiger partial charge in [-0.15, -0.1) is 0 Å². The molecule has 0 bridgehead atoms. The van der Waals surface area contributed by atoms with E-state index in [-0.39, 0.29) is 5.91 Å². The van der Waals surface area contributed by atoms with Crippen LogP contribution in [0.15, 0.2) is 54.7 Å². The van der Waals surface area contributed by atoms with Crippen molar-refractivity contribution in [2.24, 2.45) is 0 Å². The molecule has 26 heavy (non-hydrogen) atoms. The molecule has 2 aromatic rings. The van der Waals surface area contributed by atoms with E-state index in [2.05, 4.69) is 17.2 Å². The van der Waals surface area contributed by atoms with Crippen LogP contribution in [0.2, 0.25) is 0 Å². The molecule has 5 heteroatoms. The van der Waals surface area contributed by atoms with Crippen molar-refractivity contribution in [1.82, 2.24) is 10.6 Å². The zero-order valence-corrected chi connectivity index (χ0v) is 15.5. The summed E-state index contributed by atoms with van der Waals surface area (Å²) in [5.74, 6) is 1.34. The summed E-state index contributed by atoms with van der Waals surface area (Å²) < 4.78 is 5.93. The number of carbonyl (C=O) groups excluding carboxylic acids is 1. The molecule has 0 aliphatic rings. The minimum absolute atomic E-state index is 0.0320. The van der Waals surface area contributed by atoms with E-state index in [1.54, 1.807) is 0 Å². The van der Waals surface area contributed by atoms with Crippen molar-refractivity contribution in [2.45, 2.75) is 26.7 Å². The topological polar surface area (TPSA) is 76.4 Å². The number of anilines is 1. The molecule has 0 heterocycles. The maximum Gasteiger partial charge on any atom is 0.216 e. The van der Waals surface area contributed by atoms with Gasteiger partial charge in [0.05, 0.1) is 5.69 Å². The molecule has 1 amide bonds. The first kappa shape index (κ1) is 19.4. The Balaban J connectivity index is 1.96. The van der Waals surface area contributed by atoms with Gasteiger partial charge in [0.1, 0.15) is 5.75 Å². The van der Waals surface area contributed by atoms with E-state index >= 15 is 0 Å². The zero-order valence-electron chi connectivity index (χ0n) is 15.5. The molecular weight excluding hydrogens is 326 g/mol. The summed E-state index contributed by atoms with van der Waals surface area (Å²) >= 11 is 0. The maximum atomic E-state index is 11.0. The Bertz CT molecular complexity index is 754. The van der Waals surface area contributed by atoms with Crippen LogP contribution < -0.4 is 21.1 Å². The highest BCUT2D eigenvalue weighted by Crippen LogP contribution is 2.28. The number of carbonyl (C=O) groups is 1. The fraction of sp³-hybridized carbons (Fsp3) is 0.286. The monoisotopic (exact) mass is 353 g/mol. The van der Waals surface area contributed by atoms with Gasteiger partial charge in [0.25, 0.3) is 0 Å². The van der Waals surface area contributed by atoms with Crippen LogP contribution in [0.5, 0.6) is 11.5 Å². The third kappa shape index (κ3) is 6.51. The van der Waals surface area contributed by atoms with Crippen LogP contribution in [-0.4, -0.2) is 19.0 Å². The van der Waals surface area contributed by atoms with E-state index in [1.165, 1.54) is 12.5 Å². The first-order valence-electron chi connectivity index (χ1n) is 8.73. The van der Waals surface area contributed by atoms with Crippen molar-refractivity contribution >= 4 is 11.6 Å². The number of nitrogens with one attached hydrogen (secondary N) is 2. The predicted molar refractivity (Wildman–Crippen MR) is 106 cm³/mol. The minimum atomic E-state index is -0.0320. The van der Waals surface area contributed by atoms with Crippen LogP contribution in [0.4, 0.5) is 5.69 Å². The summed E-state index contributed by atoms with van der Waals surface area (Å²) in [6.45, 7) is 8.73. The standard InChI is InChI=1S/C21H27N3O2/c1-15(2)23-12-10-17-4-7-19(8-5-17)26-21-14-18(6-9-20(21)22)11-13-24-16(3)25/h4-9,14,23H,1,10-13,22H2,2-3H3,(H,24,25). The lowest BCUT2D eigenvalue weighted by Crippen LogP contribution is -2.22. The Morgan fingerprint density at radius 1 is 1.00 bits per heavy atom. The molecule has 2 rings (SSSR count). The second kappa shape index (κ2) is 9.51.